The van der Waals surface area contributed by atoms with Gasteiger partial charge in [-0.1, -0.05) is 29.3 Å². The molecule has 0 aliphatic heterocycles. The summed E-state index contributed by atoms with van der Waals surface area (Å²) in [6.45, 7) is 1.85. The molecule has 2 rings (SSSR count). The zero-order valence-corrected chi connectivity index (χ0v) is 12.4. The molecule has 110 valence electrons. The predicted octanol–water partition coefficient (Wildman–Crippen LogP) is 3.32. The van der Waals surface area contributed by atoms with Crippen LogP contribution in [0.1, 0.15) is 5.56 Å². The van der Waals surface area contributed by atoms with Gasteiger partial charge in [0, 0.05) is 6.07 Å². The lowest BCUT2D eigenvalue weighted by Crippen LogP contribution is -2.10. The van der Waals surface area contributed by atoms with Gasteiger partial charge in [0.1, 0.15) is 15.7 Å². The van der Waals surface area contributed by atoms with Crippen molar-refractivity contribution in [3.05, 3.63) is 63.2 Å². The monoisotopic (exact) mass is 327 g/mol. The van der Waals surface area contributed by atoms with Gasteiger partial charge in [-0.15, -0.1) is 0 Å². The maximum atomic E-state index is 12.1. The number of benzene rings is 2. The van der Waals surface area contributed by atoms with Crippen molar-refractivity contribution in [1.82, 2.24) is 0 Å². The molecule has 0 unspecified atom stereocenters. The first kappa shape index (κ1) is 15.3. The summed E-state index contributed by atoms with van der Waals surface area (Å²) in [6, 6.07) is 9.54. The fourth-order valence-electron chi connectivity index (χ4n) is 1.56. The third-order valence-corrected chi connectivity index (χ3v) is 4.19. The summed E-state index contributed by atoms with van der Waals surface area (Å²) >= 11 is 5.64. The summed E-state index contributed by atoms with van der Waals surface area (Å²) in [5.41, 5.74) is 0.451. The number of nitro benzene ring substituents is 1. The molecule has 6 nitrogen and oxygen atoms in total. The lowest BCUT2D eigenvalue weighted by Gasteiger charge is -2.07. The van der Waals surface area contributed by atoms with E-state index in [0.717, 1.165) is 23.8 Å². The van der Waals surface area contributed by atoms with Crippen LogP contribution in [0.2, 0.25) is 5.02 Å². The van der Waals surface area contributed by atoms with Crippen LogP contribution in [-0.2, 0) is 10.1 Å². The maximum absolute atomic E-state index is 12.1. The van der Waals surface area contributed by atoms with Crippen molar-refractivity contribution in [1.29, 1.82) is 0 Å². The number of halogens is 1. The van der Waals surface area contributed by atoms with Crippen molar-refractivity contribution in [3.8, 4) is 5.75 Å². The molecule has 2 aromatic rings. The van der Waals surface area contributed by atoms with Gasteiger partial charge in [0.2, 0.25) is 0 Å². The van der Waals surface area contributed by atoms with Crippen LogP contribution in [0, 0.1) is 17.0 Å². The molecule has 0 bridgehead atoms. The van der Waals surface area contributed by atoms with E-state index in [1.807, 2.05) is 6.92 Å². The van der Waals surface area contributed by atoms with E-state index in [1.54, 1.807) is 12.1 Å². The third-order valence-electron chi connectivity index (χ3n) is 2.63. The molecule has 0 radical (unpaired) electrons. The number of nitrogens with zero attached hydrogens (tertiary/aromatic N) is 1. The second-order valence-electron chi connectivity index (χ2n) is 4.22. The van der Waals surface area contributed by atoms with Crippen molar-refractivity contribution in [2.45, 2.75) is 11.8 Å². The van der Waals surface area contributed by atoms with Crippen LogP contribution in [0.15, 0.2) is 47.4 Å². The minimum absolute atomic E-state index is 0.123. The summed E-state index contributed by atoms with van der Waals surface area (Å²) in [6.07, 6.45) is 0. The molecular formula is C13H10ClNO5S. The fourth-order valence-corrected chi connectivity index (χ4v) is 2.69. The van der Waals surface area contributed by atoms with Crippen molar-refractivity contribution in [2.75, 3.05) is 0 Å². The van der Waals surface area contributed by atoms with E-state index < -0.39 is 20.7 Å². The average Bonchev–Trinajstić information content (AvgIpc) is 2.41. The number of hydrogen-bond donors (Lipinski definition) is 0. The van der Waals surface area contributed by atoms with Crippen LogP contribution >= 0.6 is 11.6 Å². The summed E-state index contributed by atoms with van der Waals surface area (Å²) in [4.78, 5) is 9.69. The van der Waals surface area contributed by atoms with Gasteiger partial charge in [-0.2, -0.15) is 8.42 Å². The Morgan fingerprint density at radius 2 is 1.76 bits per heavy atom. The first-order valence-corrected chi connectivity index (χ1v) is 7.53. The van der Waals surface area contributed by atoms with E-state index in [4.69, 9.17) is 15.8 Å². The molecule has 0 aliphatic rings. The number of hydrogen-bond acceptors (Lipinski definition) is 5. The third kappa shape index (κ3) is 3.50. The average molecular weight is 328 g/mol. The zero-order valence-electron chi connectivity index (χ0n) is 10.8. The molecule has 0 fully saturated rings. The Hall–Kier alpha value is -2.12. The molecule has 8 heteroatoms. The topological polar surface area (TPSA) is 86.5 Å². The summed E-state index contributed by atoms with van der Waals surface area (Å²) in [5, 5.41) is 10.6. The Morgan fingerprint density at radius 3 is 2.33 bits per heavy atom. The van der Waals surface area contributed by atoms with Gasteiger partial charge in [0.25, 0.3) is 5.69 Å². The van der Waals surface area contributed by atoms with Crippen molar-refractivity contribution < 1.29 is 17.5 Å². The summed E-state index contributed by atoms with van der Waals surface area (Å²) < 4.78 is 29.1. The van der Waals surface area contributed by atoms with E-state index in [9.17, 15) is 18.5 Å². The Balaban J connectivity index is 2.38. The second-order valence-corrected chi connectivity index (χ2v) is 6.17. The largest absolute Gasteiger partial charge is 0.379 e. The van der Waals surface area contributed by atoms with E-state index in [1.165, 1.54) is 12.1 Å². The van der Waals surface area contributed by atoms with E-state index in [-0.39, 0.29) is 15.7 Å². The van der Waals surface area contributed by atoms with Gasteiger partial charge < -0.3 is 4.18 Å². The highest BCUT2D eigenvalue weighted by molar-refractivity contribution is 7.87. The molecule has 0 saturated heterocycles. The molecule has 0 heterocycles. The van der Waals surface area contributed by atoms with E-state index >= 15 is 0 Å². The minimum atomic E-state index is -4.16. The van der Waals surface area contributed by atoms with Crippen LogP contribution in [0.4, 0.5) is 5.69 Å². The van der Waals surface area contributed by atoms with Gasteiger partial charge in [-0.3, -0.25) is 10.1 Å². The summed E-state index contributed by atoms with van der Waals surface area (Å²) in [7, 11) is -4.16. The van der Waals surface area contributed by atoms with Gasteiger partial charge in [-0.25, -0.2) is 0 Å². The van der Waals surface area contributed by atoms with Gasteiger partial charge in [-0.05, 0) is 31.2 Å². The molecule has 0 spiro atoms. The van der Waals surface area contributed by atoms with Crippen molar-refractivity contribution in [3.63, 3.8) is 0 Å². The van der Waals surface area contributed by atoms with Crippen LogP contribution in [-0.4, -0.2) is 13.3 Å². The fraction of sp³-hybridized carbons (Fsp3) is 0.0769. The van der Waals surface area contributed by atoms with Crippen LogP contribution < -0.4 is 4.18 Å². The molecule has 2 aromatic carbocycles. The highest BCUT2D eigenvalue weighted by atomic mass is 35.5. The Kier molecular flexibility index (Phi) is 4.15. The van der Waals surface area contributed by atoms with E-state index in [2.05, 4.69) is 0 Å². The first-order chi connectivity index (χ1) is 9.79. The lowest BCUT2D eigenvalue weighted by molar-refractivity contribution is -0.384. The lowest BCUT2D eigenvalue weighted by atomic mass is 10.2. The quantitative estimate of drug-likeness (QED) is 0.488. The smallest absolute Gasteiger partial charge is 0.339 e. The normalized spacial score (nSPS) is 11.1. The number of rotatable bonds is 4. The predicted molar refractivity (Wildman–Crippen MR) is 77.1 cm³/mol. The van der Waals surface area contributed by atoms with Gasteiger partial charge >= 0.3 is 10.1 Å². The van der Waals surface area contributed by atoms with E-state index in [0.29, 0.717) is 0 Å². The molecule has 0 atom stereocenters. The van der Waals surface area contributed by atoms with Crippen molar-refractivity contribution >= 4 is 27.4 Å². The molecule has 0 amide bonds. The number of aryl methyl sites for hydroxylation is 1. The second kappa shape index (κ2) is 5.71. The molecule has 21 heavy (non-hydrogen) atoms. The first-order valence-electron chi connectivity index (χ1n) is 5.75. The Labute approximate surface area is 126 Å². The highest BCUT2D eigenvalue weighted by Gasteiger charge is 2.22. The molecule has 0 saturated carbocycles. The highest BCUT2D eigenvalue weighted by Crippen LogP contribution is 2.28. The van der Waals surface area contributed by atoms with Crippen LogP contribution in [0.25, 0.3) is 0 Å². The molecule has 0 N–H and O–H groups in total. The number of nitro groups is 1. The van der Waals surface area contributed by atoms with Gasteiger partial charge in [0.05, 0.1) is 4.92 Å². The van der Waals surface area contributed by atoms with Crippen molar-refractivity contribution in [2.24, 2.45) is 0 Å². The Morgan fingerprint density at radius 1 is 1.14 bits per heavy atom. The molecule has 0 aliphatic carbocycles. The Bertz CT molecular complexity index is 787. The van der Waals surface area contributed by atoms with Crippen LogP contribution in [0.5, 0.6) is 5.75 Å². The van der Waals surface area contributed by atoms with Gasteiger partial charge in [0.15, 0.2) is 0 Å². The standard InChI is InChI=1S/C13H10ClNO5S/c1-9-2-4-10(5-3-9)20-21(18,19)11-6-7-12(14)13(8-11)15(16)17/h2-8H,1H3. The SMILES string of the molecule is Cc1ccc(OS(=O)(=O)c2ccc(Cl)c([N+](=O)[O-])c2)cc1. The molecular weight excluding hydrogens is 318 g/mol. The minimum Gasteiger partial charge on any atom is -0.379 e. The zero-order chi connectivity index (χ0) is 15.6. The van der Waals surface area contributed by atoms with Crippen LogP contribution in [0.3, 0.4) is 0 Å². The summed E-state index contributed by atoms with van der Waals surface area (Å²) in [5.74, 6) is 0.123. The molecule has 0 aromatic heterocycles. The maximum Gasteiger partial charge on any atom is 0.339 e.